The minimum atomic E-state index is -0.211. The topological polar surface area (TPSA) is 78.0 Å². The second kappa shape index (κ2) is 12.1. The van der Waals surface area contributed by atoms with Crippen molar-refractivity contribution in [2.24, 2.45) is 0 Å². The molecule has 0 spiro atoms. The second-order valence-electron chi connectivity index (χ2n) is 2.02. The number of hydrogen-bond donors (Lipinski definition) is 1. The van der Waals surface area contributed by atoms with Crippen molar-refractivity contribution < 1.29 is 20.1 Å². The van der Waals surface area contributed by atoms with Crippen LogP contribution in [0, 0.1) is 0 Å². The summed E-state index contributed by atoms with van der Waals surface area (Å²) in [6.07, 6.45) is -0.167. The van der Waals surface area contributed by atoms with E-state index in [9.17, 15) is 4.79 Å². The summed E-state index contributed by atoms with van der Waals surface area (Å²) in [6, 6.07) is 0. The molecule has 0 aliphatic heterocycles. The Bertz CT molecular complexity index is 77.8. The highest BCUT2D eigenvalue weighted by Crippen LogP contribution is 1.69. The molecule has 0 atom stereocenters. The van der Waals surface area contributed by atoms with Crippen molar-refractivity contribution in [3.63, 3.8) is 0 Å². The third-order valence-electron chi connectivity index (χ3n) is 0.348. The van der Waals surface area contributed by atoms with Crippen LogP contribution in [0.15, 0.2) is 0 Å². The summed E-state index contributed by atoms with van der Waals surface area (Å²) in [5.41, 5.74) is 0. The lowest BCUT2D eigenvalue weighted by atomic mass is 10.5. The molecule has 0 aromatic heterocycles. The summed E-state index contributed by atoms with van der Waals surface area (Å²) < 4.78 is 4.40. The third-order valence-corrected chi connectivity index (χ3v) is 0.348. The zero-order chi connectivity index (χ0) is 8.57. The van der Waals surface area contributed by atoms with Gasteiger partial charge in [-0.2, -0.15) is 0 Å². The van der Waals surface area contributed by atoms with Gasteiger partial charge in [0.25, 0.3) is 0 Å². The molecule has 70 valence electrons. The predicted molar refractivity (Wildman–Crippen MR) is 43.3 cm³/mol. The molecular formula is C7H18O4. The van der Waals surface area contributed by atoms with Gasteiger partial charge >= 0.3 is 5.97 Å². The van der Waals surface area contributed by atoms with Crippen LogP contribution in [-0.4, -0.2) is 29.3 Å². The fourth-order valence-corrected chi connectivity index (χ4v) is 0.203. The van der Waals surface area contributed by atoms with Gasteiger partial charge in [0, 0.05) is 13.0 Å². The fourth-order valence-electron chi connectivity index (χ4n) is 0.203. The van der Waals surface area contributed by atoms with Gasteiger partial charge in [0.1, 0.15) is 0 Å². The summed E-state index contributed by atoms with van der Waals surface area (Å²) >= 11 is 0. The van der Waals surface area contributed by atoms with Crippen LogP contribution < -0.4 is 0 Å². The monoisotopic (exact) mass is 166 g/mol. The van der Waals surface area contributed by atoms with Crippen LogP contribution in [0.25, 0.3) is 0 Å². The van der Waals surface area contributed by atoms with Gasteiger partial charge in [0.2, 0.25) is 0 Å². The molecule has 11 heavy (non-hydrogen) atoms. The van der Waals surface area contributed by atoms with Gasteiger partial charge in [-0.15, -0.1) is 0 Å². The molecule has 0 heterocycles. The van der Waals surface area contributed by atoms with Crippen molar-refractivity contribution in [2.75, 3.05) is 6.61 Å². The van der Waals surface area contributed by atoms with E-state index in [1.165, 1.54) is 6.92 Å². The number of hydrogen-bond acceptors (Lipinski definition) is 3. The molecule has 0 saturated carbocycles. The van der Waals surface area contributed by atoms with Gasteiger partial charge in [-0.25, -0.2) is 0 Å². The molecule has 3 N–H and O–H groups in total. The fraction of sp³-hybridized carbons (Fsp3) is 0.857. The number of aliphatic hydroxyl groups is 1. The van der Waals surface area contributed by atoms with E-state index < -0.39 is 0 Å². The zero-order valence-electron chi connectivity index (χ0n) is 7.55. The summed E-state index contributed by atoms with van der Waals surface area (Å²) in [5, 5.41) is 8.06. The summed E-state index contributed by atoms with van der Waals surface area (Å²) in [7, 11) is 0. The molecular weight excluding hydrogens is 148 g/mol. The summed E-state index contributed by atoms with van der Waals surface area (Å²) in [6.45, 7) is 7.10. The Labute approximate surface area is 67.5 Å². The lowest BCUT2D eigenvalue weighted by Crippen LogP contribution is -1.95. The molecule has 0 rings (SSSR count). The molecule has 0 radical (unpaired) electrons. The first-order chi connectivity index (χ1) is 4.50. The molecule has 0 amide bonds. The van der Waals surface area contributed by atoms with Crippen LogP contribution in [0.1, 0.15) is 27.7 Å². The third kappa shape index (κ3) is 89.8. The highest BCUT2D eigenvalue weighted by molar-refractivity contribution is 5.65. The van der Waals surface area contributed by atoms with E-state index in [0.29, 0.717) is 6.61 Å². The molecule has 0 aromatic rings. The highest BCUT2D eigenvalue weighted by Gasteiger charge is 1.81. The maximum Gasteiger partial charge on any atom is 0.302 e. The van der Waals surface area contributed by atoms with Gasteiger partial charge in [-0.3, -0.25) is 4.79 Å². The van der Waals surface area contributed by atoms with Crippen molar-refractivity contribution in [1.29, 1.82) is 0 Å². The first-order valence-electron chi connectivity index (χ1n) is 3.32. The molecule has 4 heteroatoms. The number of carbonyl (C=O) groups is 1. The lowest BCUT2D eigenvalue weighted by molar-refractivity contribution is -0.140. The van der Waals surface area contributed by atoms with Crippen molar-refractivity contribution >= 4 is 5.97 Å². The minimum absolute atomic E-state index is 0. The Kier molecular flexibility index (Phi) is 18.5. The van der Waals surface area contributed by atoms with Crippen LogP contribution in [0.2, 0.25) is 0 Å². The van der Waals surface area contributed by atoms with E-state index >= 15 is 0 Å². The largest absolute Gasteiger partial charge is 0.466 e. The molecule has 0 aliphatic carbocycles. The van der Waals surface area contributed by atoms with E-state index in [2.05, 4.69) is 4.74 Å². The Morgan fingerprint density at radius 2 is 1.82 bits per heavy atom. The van der Waals surface area contributed by atoms with E-state index in [-0.39, 0.29) is 17.5 Å². The van der Waals surface area contributed by atoms with Gasteiger partial charge in [-0.05, 0) is 20.8 Å². The number of rotatable bonds is 1. The van der Waals surface area contributed by atoms with E-state index in [0.717, 1.165) is 0 Å². The second-order valence-corrected chi connectivity index (χ2v) is 2.02. The smallest absolute Gasteiger partial charge is 0.302 e. The van der Waals surface area contributed by atoms with Crippen LogP contribution in [0.3, 0.4) is 0 Å². The van der Waals surface area contributed by atoms with Gasteiger partial charge in [0.15, 0.2) is 0 Å². The Morgan fingerprint density at radius 3 is 1.82 bits per heavy atom. The first-order valence-corrected chi connectivity index (χ1v) is 3.32. The molecule has 0 bridgehead atoms. The molecule has 0 saturated heterocycles. The van der Waals surface area contributed by atoms with Crippen molar-refractivity contribution in [2.45, 2.75) is 33.8 Å². The van der Waals surface area contributed by atoms with Crippen LogP contribution in [0.4, 0.5) is 0 Å². The lowest BCUT2D eigenvalue weighted by Gasteiger charge is -1.89. The zero-order valence-corrected chi connectivity index (χ0v) is 7.55. The number of aliphatic hydroxyl groups excluding tert-OH is 1. The molecule has 0 aliphatic rings. The normalized spacial score (nSPS) is 7.45. The molecule has 0 fully saturated rings. The highest BCUT2D eigenvalue weighted by atomic mass is 16.5. The SMILES string of the molecule is CC(C)O.CCOC(C)=O.O. The maximum atomic E-state index is 9.82. The van der Waals surface area contributed by atoms with Gasteiger partial charge in [-0.1, -0.05) is 0 Å². The van der Waals surface area contributed by atoms with Crippen LogP contribution in [-0.2, 0) is 9.53 Å². The minimum Gasteiger partial charge on any atom is -0.466 e. The Balaban J connectivity index is -0.000000114. The van der Waals surface area contributed by atoms with Gasteiger partial charge < -0.3 is 15.3 Å². The average Bonchev–Trinajstić information content (AvgIpc) is 1.62. The Hall–Kier alpha value is -0.610. The number of ether oxygens (including phenoxy) is 1. The van der Waals surface area contributed by atoms with Crippen molar-refractivity contribution in [1.82, 2.24) is 0 Å². The molecule has 0 unspecified atom stereocenters. The van der Waals surface area contributed by atoms with Crippen LogP contribution >= 0.6 is 0 Å². The quantitative estimate of drug-likeness (QED) is 0.562. The first kappa shape index (κ1) is 16.8. The molecule has 4 nitrogen and oxygen atoms in total. The number of carbonyl (C=O) groups excluding carboxylic acids is 1. The predicted octanol–water partition coefficient (Wildman–Crippen LogP) is 0.132. The van der Waals surface area contributed by atoms with Crippen molar-refractivity contribution in [3.05, 3.63) is 0 Å². The average molecular weight is 166 g/mol. The standard InChI is InChI=1S/C4H8O2.C3H8O.H2O/c1-3-6-4(2)5;1-3(2)4;/h3H2,1-2H3;3-4H,1-2H3;1H2. The number of esters is 1. The van der Waals surface area contributed by atoms with Crippen molar-refractivity contribution in [3.8, 4) is 0 Å². The summed E-state index contributed by atoms with van der Waals surface area (Å²) in [5.74, 6) is -0.211. The summed E-state index contributed by atoms with van der Waals surface area (Å²) in [4.78, 5) is 9.82. The van der Waals surface area contributed by atoms with E-state index in [1.807, 2.05) is 0 Å². The van der Waals surface area contributed by atoms with Crippen LogP contribution in [0.5, 0.6) is 0 Å². The van der Waals surface area contributed by atoms with E-state index in [1.54, 1.807) is 20.8 Å². The van der Waals surface area contributed by atoms with E-state index in [4.69, 9.17) is 5.11 Å². The van der Waals surface area contributed by atoms with Gasteiger partial charge in [0.05, 0.1) is 6.61 Å². The Morgan fingerprint density at radius 1 is 1.55 bits per heavy atom. The maximum absolute atomic E-state index is 9.82. The molecule has 0 aromatic carbocycles.